The largest absolute Gasteiger partial charge is 0.496 e. The molecule has 0 amide bonds. The van der Waals surface area contributed by atoms with Gasteiger partial charge in [-0.25, -0.2) is 9.97 Å². The quantitative estimate of drug-likeness (QED) is 0.877. The van der Waals surface area contributed by atoms with E-state index >= 15 is 0 Å². The smallest absolute Gasteiger partial charge is 0.220 e. The van der Waals surface area contributed by atoms with Crippen LogP contribution in [0.1, 0.15) is 12.6 Å². The summed E-state index contributed by atoms with van der Waals surface area (Å²) in [5.74, 6) is 1.08. The first-order chi connectivity index (χ1) is 8.24. The number of rotatable bonds is 3. The summed E-state index contributed by atoms with van der Waals surface area (Å²) in [4.78, 5) is 8.41. The highest BCUT2D eigenvalue weighted by Gasteiger charge is 2.08. The Hall–Kier alpha value is -2.10. The van der Waals surface area contributed by atoms with Crippen LogP contribution in [0.2, 0.25) is 0 Å². The molecule has 0 aliphatic heterocycles. The van der Waals surface area contributed by atoms with E-state index in [1.165, 1.54) is 0 Å². The van der Waals surface area contributed by atoms with Gasteiger partial charge in [-0.1, -0.05) is 19.1 Å². The number of para-hydroxylation sites is 1. The van der Waals surface area contributed by atoms with Crippen LogP contribution in [0.3, 0.4) is 0 Å². The monoisotopic (exact) mass is 229 g/mol. The van der Waals surface area contributed by atoms with Crippen LogP contribution in [0.5, 0.6) is 5.75 Å². The molecule has 0 bridgehead atoms. The number of hydrogen-bond donors (Lipinski definition) is 1. The Morgan fingerprint density at radius 1 is 1.24 bits per heavy atom. The predicted molar refractivity (Wildman–Crippen MR) is 67.8 cm³/mol. The summed E-state index contributed by atoms with van der Waals surface area (Å²) < 4.78 is 5.31. The SMILES string of the molecule is CCc1cc(-c2ccccc2OC)nc(N)n1. The van der Waals surface area contributed by atoms with Crippen molar-refractivity contribution in [1.82, 2.24) is 9.97 Å². The normalized spacial score (nSPS) is 10.2. The topological polar surface area (TPSA) is 61.0 Å². The fraction of sp³-hybridized carbons (Fsp3) is 0.231. The van der Waals surface area contributed by atoms with Crippen LogP contribution in [-0.4, -0.2) is 17.1 Å². The number of nitrogen functional groups attached to an aromatic ring is 1. The van der Waals surface area contributed by atoms with E-state index in [0.717, 1.165) is 29.1 Å². The Morgan fingerprint density at radius 2 is 2.00 bits per heavy atom. The van der Waals surface area contributed by atoms with E-state index in [0.29, 0.717) is 5.95 Å². The zero-order valence-corrected chi connectivity index (χ0v) is 9.97. The molecule has 2 rings (SSSR count). The highest BCUT2D eigenvalue weighted by atomic mass is 16.5. The van der Waals surface area contributed by atoms with Crippen LogP contribution < -0.4 is 10.5 Å². The molecular weight excluding hydrogens is 214 g/mol. The number of aromatic nitrogens is 2. The number of nitrogens with two attached hydrogens (primary N) is 1. The lowest BCUT2D eigenvalue weighted by atomic mass is 10.1. The summed E-state index contributed by atoms with van der Waals surface area (Å²) in [5, 5.41) is 0. The van der Waals surface area contributed by atoms with Gasteiger partial charge >= 0.3 is 0 Å². The molecule has 1 heterocycles. The van der Waals surface area contributed by atoms with E-state index in [9.17, 15) is 0 Å². The second-order valence-electron chi connectivity index (χ2n) is 3.66. The molecule has 88 valence electrons. The summed E-state index contributed by atoms with van der Waals surface area (Å²) in [6.45, 7) is 2.04. The van der Waals surface area contributed by atoms with E-state index in [-0.39, 0.29) is 0 Å². The first kappa shape index (κ1) is 11.4. The maximum atomic E-state index is 5.70. The molecule has 4 nitrogen and oxygen atoms in total. The van der Waals surface area contributed by atoms with Crippen LogP contribution in [0, 0.1) is 0 Å². The number of hydrogen-bond acceptors (Lipinski definition) is 4. The van der Waals surface area contributed by atoms with Crippen molar-refractivity contribution in [1.29, 1.82) is 0 Å². The summed E-state index contributed by atoms with van der Waals surface area (Å²) in [6.07, 6.45) is 0.828. The van der Waals surface area contributed by atoms with Gasteiger partial charge in [0.15, 0.2) is 0 Å². The van der Waals surface area contributed by atoms with Crippen LogP contribution in [0.15, 0.2) is 30.3 Å². The first-order valence-corrected chi connectivity index (χ1v) is 5.51. The zero-order valence-electron chi connectivity index (χ0n) is 9.97. The van der Waals surface area contributed by atoms with Crippen molar-refractivity contribution < 1.29 is 4.74 Å². The number of nitrogens with zero attached hydrogens (tertiary/aromatic N) is 2. The molecule has 0 radical (unpaired) electrons. The van der Waals surface area contributed by atoms with Crippen molar-refractivity contribution in [3.8, 4) is 17.0 Å². The van der Waals surface area contributed by atoms with Crippen molar-refractivity contribution in [3.63, 3.8) is 0 Å². The lowest BCUT2D eigenvalue weighted by Gasteiger charge is -2.08. The highest BCUT2D eigenvalue weighted by molar-refractivity contribution is 5.67. The fourth-order valence-electron chi connectivity index (χ4n) is 1.69. The molecular formula is C13H15N3O. The van der Waals surface area contributed by atoms with Gasteiger partial charge in [0.2, 0.25) is 5.95 Å². The van der Waals surface area contributed by atoms with E-state index < -0.39 is 0 Å². The molecule has 2 N–H and O–H groups in total. The Labute approximate surface area is 100 Å². The van der Waals surface area contributed by atoms with Gasteiger partial charge in [0.25, 0.3) is 0 Å². The van der Waals surface area contributed by atoms with Crippen molar-refractivity contribution >= 4 is 5.95 Å². The Kier molecular flexibility index (Phi) is 3.23. The van der Waals surface area contributed by atoms with Crippen LogP contribution in [0.4, 0.5) is 5.95 Å². The maximum absolute atomic E-state index is 5.70. The van der Waals surface area contributed by atoms with Crippen molar-refractivity contribution in [3.05, 3.63) is 36.0 Å². The Balaban J connectivity index is 2.55. The zero-order chi connectivity index (χ0) is 12.3. The molecule has 0 aliphatic carbocycles. The summed E-state index contributed by atoms with van der Waals surface area (Å²) >= 11 is 0. The summed E-state index contributed by atoms with van der Waals surface area (Å²) in [7, 11) is 1.64. The van der Waals surface area contributed by atoms with Crippen LogP contribution in [-0.2, 0) is 6.42 Å². The molecule has 1 aromatic carbocycles. The molecule has 17 heavy (non-hydrogen) atoms. The third-order valence-corrected chi connectivity index (χ3v) is 2.54. The van der Waals surface area contributed by atoms with Gasteiger partial charge in [-0.2, -0.15) is 0 Å². The third kappa shape index (κ3) is 2.36. The van der Waals surface area contributed by atoms with Crippen molar-refractivity contribution in [2.45, 2.75) is 13.3 Å². The minimum Gasteiger partial charge on any atom is -0.496 e. The van der Waals surface area contributed by atoms with Crippen LogP contribution >= 0.6 is 0 Å². The van der Waals surface area contributed by atoms with Crippen molar-refractivity contribution in [2.24, 2.45) is 0 Å². The molecule has 0 fully saturated rings. The number of benzene rings is 1. The third-order valence-electron chi connectivity index (χ3n) is 2.54. The van der Waals surface area contributed by atoms with Gasteiger partial charge < -0.3 is 10.5 Å². The first-order valence-electron chi connectivity index (χ1n) is 5.51. The standard InChI is InChI=1S/C13H15N3O/c1-3-9-8-11(16-13(14)15-9)10-6-4-5-7-12(10)17-2/h4-8H,3H2,1-2H3,(H2,14,15,16). The van der Waals surface area contributed by atoms with Gasteiger partial charge in [-0.05, 0) is 24.6 Å². The average molecular weight is 229 g/mol. The van der Waals surface area contributed by atoms with E-state index in [4.69, 9.17) is 10.5 Å². The summed E-state index contributed by atoms with van der Waals surface area (Å²) in [5.41, 5.74) is 8.36. The molecule has 0 unspecified atom stereocenters. The number of methoxy groups -OCH3 is 1. The lowest BCUT2D eigenvalue weighted by molar-refractivity contribution is 0.416. The number of ether oxygens (including phenoxy) is 1. The van der Waals surface area contributed by atoms with Crippen LogP contribution in [0.25, 0.3) is 11.3 Å². The van der Waals surface area contributed by atoms with E-state index in [1.54, 1.807) is 7.11 Å². The van der Waals surface area contributed by atoms with Gasteiger partial charge in [-0.15, -0.1) is 0 Å². The van der Waals surface area contributed by atoms with Gasteiger partial charge in [-0.3, -0.25) is 0 Å². The molecule has 0 saturated heterocycles. The Morgan fingerprint density at radius 3 is 2.71 bits per heavy atom. The molecule has 2 aromatic rings. The molecule has 0 aliphatic rings. The predicted octanol–water partition coefficient (Wildman–Crippen LogP) is 2.30. The number of anilines is 1. The summed E-state index contributed by atoms with van der Waals surface area (Å²) in [6, 6.07) is 9.67. The van der Waals surface area contributed by atoms with Crippen molar-refractivity contribution in [2.75, 3.05) is 12.8 Å². The maximum Gasteiger partial charge on any atom is 0.220 e. The second-order valence-corrected chi connectivity index (χ2v) is 3.66. The molecule has 0 saturated carbocycles. The Bertz CT molecular complexity index is 526. The van der Waals surface area contributed by atoms with Gasteiger partial charge in [0.05, 0.1) is 12.8 Å². The minimum absolute atomic E-state index is 0.297. The molecule has 1 aromatic heterocycles. The highest BCUT2D eigenvalue weighted by Crippen LogP contribution is 2.28. The molecule has 0 spiro atoms. The average Bonchev–Trinajstić information content (AvgIpc) is 2.37. The second kappa shape index (κ2) is 4.82. The fourth-order valence-corrected chi connectivity index (χ4v) is 1.69. The number of aryl methyl sites for hydroxylation is 1. The molecule has 0 atom stereocenters. The lowest BCUT2D eigenvalue weighted by Crippen LogP contribution is -2.00. The van der Waals surface area contributed by atoms with Gasteiger partial charge in [0, 0.05) is 11.3 Å². The minimum atomic E-state index is 0.297. The molecule has 4 heteroatoms. The van der Waals surface area contributed by atoms with E-state index in [2.05, 4.69) is 9.97 Å². The van der Waals surface area contributed by atoms with E-state index in [1.807, 2.05) is 37.3 Å². The van der Waals surface area contributed by atoms with Gasteiger partial charge in [0.1, 0.15) is 5.75 Å².